The fraction of sp³-hybridized carbons (Fsp3) is 0.500. The predicted octanol–water partition coefficient (Wildman–Crippen LogP) is 1.89. The van der Waals surface area contributed by atoms with Crippen molar-refractivity contribution in [2.45, 2.75) is 19.9 Å². The van der Waals surface area contributed by atoms with Gasteiger partial charge in [0.05, 0.1) is 16.2 Å². The monoisotopic (exact) mass is 229 g/mol. The molecular formula is C8H12BrN3. The lowest BCUT2D eigenvalue weighted by molar-refractivity contribution is 0.500. The van der Waals surface area contributed by atoms with Gasteiger partial charge in [-0.05, 0) is 21.8 Å². The van der Waals surface area contributed by atoms with Crippen LogP contribution in [-0.2, 0) is 0 Å². The van der Waals surface area contributed by atoms with E-state index >= 15 is 0 Å². The lowest BCUT2D eigenvalue weighted by atomic mass is 10.0. The second-order valence-electron chi connectivity index (χ2n) is 3.03. The quantitative estimate of drug-likeness (QED) is 0.843. The highest BCUT2D eigenvalue weighted by Crippen LogP contribution is 2.23. The highest BCUT2D eigenvalue weighted by Gasteiger charge is 2.14. The Bertz CT molecular complexity index is 262. The Labute approximate surface area is 80.5 Å². The molecule has 0 spiro atoms. The first-order chi connectivity index (χ1) is 5.63. The number of aromatic nitrogens is 2. The van der Waals surface area contributed by atoms with Gasteiger partial charge < -0.3 is 5.73 Å². The summed E-state index contributed by atoms with van der Waals surface area (Å²) >= 11 is 3.36. The van der Waals surface area contributed by atoms with Crippen LogP contribution in [0.3, 0.4) is 0 Å². The molecule has 0 saturated carbocycles. The molecule has 0 aliphatic heterocycles. The van der Waals surface area contributed by atoms with Crippen LogP contribution in [0.15, 0.2) is 17.0 Å². The van der Waals surface area contributed by atoms with Crippen molar-refractivity contribution in [2.75, 3.05) is 0 Å². The van der Waals surface area contributed by atoms with Crippen LogP contribution in [0.5, 0.6) is 0 Å². The van der Waals surface area contributed by atoms with Crippen molar-refractivity contribution in [3.05, 3.63) is 22.7 Å². The molecular weight excluding hydrogens is 218 g/mol. The van der Waals surface area contributed by atoms with Crippen molar-refractivity contribution in [1.29, 1.82) is 0 Å². The Morgan fingerprint density at radius 2 is 2.17 bits per heavy atom. The van der Waals surface area contributed by atoms with E-state index < -0.39 is 0 Å². The first kappa shape index (κ1) is 9.61. The first-order valence-electron chi connectivity index (χ1n) is 3.84. The van der Waals surface area contributed by atoms with Crippen molar-refractivity contribution in [3.8, 4) is 0 Å². The Balaban J connectivity index is 2.94. The Hall–Kier alpha value is -0.480. The minimum Gasteiger partial charge on any atom is -0.322 e. The summed E-state index contributed by atoms with van der Waals surface area (Å²) in [5, 5.41) is 0. The van der Waals surface area contributed by atoms with Gasteiger partial charge in [-0.25, -0.2) is 9.97 Å². The number of hydrogen-bond acceptors (Lipinski definition) is 3. The summed E-state index contributed by atoms with van der Waals surface area (Å²) < 4.78 is 0.881. The molecule has 1 rings (SSSR count). The molecule has 1 aromatic rings. The minimum atomic E-state index is -0.0256. The van der Waals surface area contributed by atoms with Gasteiger partial charge in [-0.15, -0.1) is 0 Å². The van der Waals surface area contributed by atoms with Crippen molar-refractivity contribution in [3.63, 3.8) is 0 Å². The molecule has 0 radical (unpaired) electrons. The highest BCUT2D eigenvalue weighted by atomic mass is 79.9. The molecule has 0 aliphatic carbocycles. The molecule has 66 valence electrons. The van der Waals surface area contributed by atoms with Crippen molar-refractivity contribution >= 4 is 15.9 Å². The maximum atomic E-state index is 5.92. The molecule has 1 heterocycles. The number of nitrogens with two attached hydrogens (primary N) is 1. The van der Waals surface area contributed by atoms with Gasteiger partial charge >= 0.3 is 0 Å². The van der Waals surface area contributed by atoms with Gasteiger partial charge in [0, 0.05) is 6.20 Å². The SMILES string of the molecule is CC(C)C(N)c1ncncc1Br. The number of rotatable bonds is 2. The zero-order valence-electron chi connectivity index (χ0n) is 7.16. The van der Waals surface area contributed by atoms with E-state index in [4.69, 9.17) is 5.73 Å². The maximum absolute atomic E-state index is 5.92. The average Bonchev–Trinajstić information content (AvgIpc) is 2.04. The number of hydrogen-bond donors (Lipinski definition) is 1. The lowest BCUT2D eigenvalue weighted by Gasteiger charge is -2.15. The van der Waals surface area contributed by atoms with Crippen LogP contribution >= 0.6 is 15.9 Å². The molecule has 3 nitrogen and oxygen atoms in total. The normalized spacial score (nSPS) is 13.4. The van der Waals surface area contributed by atoms with Crippen LogP contribution < -0.4 is 5.73 Å². The van der Waals surface area contributed by atoms with Crippen molar-refractivity contribution < 1.29 is 0 Å². The van der Waals surface area contributed by atoms with Gasteiger partial charge in [-0.2, -0.15) is 0 Å². The van der Waals surface area contributed by atoms with E-state index in [1.807, 2.05) is 0 Å². The van der Waals surface area contributed by atoms with E-state index in [2.05, 4.69) is 39.7 Å². The third-order valence-corrected chi connectivity index (χ3v) is 2.34. The largest absolute Gasteiger partial charge is 0.322 e. The molecule has 0 fully saturated rings. The molecule has 0 saturated heterocycles. The van der Waals surface area contributed by atoms with Crippen LogP contribution in [0, 0.1) is 5.92 Å². The standard InChI is InChI=1S/C8H12BrN3/c1-5(2)7(10)8-6(9)3-11-4-12-8/h3-5,7H,10H2,1-2H3. The van der Waals surface area contributed by atoms with Gasteiger partial charge in [-0.1, -0.05) is 13.8 Å². The van der Waals surface area contributed by atoms with Gasteiger partial charge in [0.2, 0.25) is 0 Å². The molecule has 12 heavy (non-hydrogen) atoms. The summed E-state index contributed by atoms with van der Waals surface area (Å²) in [4.78, 5) is 7.99. The summed E-state index contributed by atoms with van der Waals surface area (Å²) in [5.41, 5.74) is 6.79. The maximum Gasteiger partial charge on any atom is 0.115 e. The topological polar surface area (TPSA) is 51.8 Å². The van der Waals surface area contributed by atoms with Crippen LogP contribution in [0.25, 0.3) is 0 Å². The molecule has 0 aliphatic rings. The minimum absolute atomic E-state index is 0.0256. The van der Waals surface area contributed by atoms with E-state index in [0.717, 1.165) is 10.2 Å². The zero-order chi connectivity index (χ0) is 9.14. The Kier molecular flexibility index (Phi) is 3.17. The third kappa shape index (κ3) is 2.01. The molecule has 4 heteroatoms. The molecule has 0 aromatic carbocycles. The van der Waals surface area contributed by atoms with Gasteiger partial charge in [-0.3, -0.25) is 0 Å². The van der Waals surface area contributed by atoms with E-state index in [1.165, 1.54) is 6.33 Å². The summed E-state index contributed by atoms with van der Waals surface area (Å²) in [7, 11) is 0. The van der Waals surface area contributed by atoms with Gasteiger partial charge in [0.15, 0.2) is 0 Å². The van der Waals surface area contributed by atoms with Gasteiger partial charge in [0.1, 0.15) is 6.33 Å². The third-order valence-electron chi connectivity index (χ3n) is 1.73. The van der Waals surface area contributed by atoms with Gasteiger partial charge in [0.25, 0.3) is 0 Å². The number of nitrogens with zero attached hydrogens (tertiary/aromatic N) is 2. The molecule has 1 aromatic heterocycles. The van der Waals surface area contributed by atoms with E-state index in [1.54, 1.807) is 6.20 Å². The summed E-state index contributed by atoms with van der Waals surface area (Å²) in [6, 6.07) is -0.0256. The fourth-order valence-corrected chi connectivity index (χ4v) is 1.37. The zero-order valence-corrected chi connectivity index (χ0v) is 8.75. The van der Waals surface area contributed by atoms with Crippen molar-refractivity contribution in [1.82, 2.24) is 9.97 Å². The van der Waals surface area contributed by atoms with Crippen LogP contribution in [0.2, 0.25) is 0 Å². The summed E-state index contributed by atoms with van der Waals surface area (Å²) in [6.45, 7) is 4.14. The van der Waals surface area contributed by atoms with E-state index in [-0.39, 0.29) is 6.04 Å². The lowest BCUT2D eigenvalue weighted by Crippen LogP contribution is -2.18. The average molecular weight is 230 g/mol. The van der Waals surface area contributed by atoms with Crippen LogP contribution in [0.1, 0.15) is 25.6 Å². The molecule has 2 N–H and O–H groups in total. The Morgan fingerprint density at radius 3 is 2.67 bits per heavy atom. The van der Waals surface area contributed by atoms with E-state index in [0.29, 0.717) is 5.92 Å². The fourth-order valence-electron chi connectivity index (χ4n) is 0.883. The molecule has 0 amide bonds. The first-order valence-corrected chi connectivity index (χ1v) is 4.63. The van der Waals surface area contributed by atoms with Crippen molar-refractivity contribution in [2.24, 2.45) is 11.7 Å². The summed E-state index contributed by atoms with van der Waals surface area (Å²) in [6.07, 6.45) is 3.23. The second-order valence-corrected chi connectivity index (χ2v) is 3.88. The van der Waals surface area contributed by atoms with E-state index in [9.17, 15) is 0 Å². The number of halogens is 1. The molecule has 1 unspecified atom stereocenters. The second kappa shape index (κ2) is 3.96. The molecule has 1 atom stereocenters. The predicted molar refractivity (Wildman–Crippen MR) is 51.5 cm³/mol. The van der Waals surface area contributed by atoms with Crippen LogP contribution in [0.4, 0.5) is 0 Å². The molecule has 0 bridgehead atoms. The highest BCUT2D eigenvalue weighted by molar-refractivity contribution is 9.10. The Morgan fingerprint density at radius 1 is 1.50 bits per heavy atom. The summed E-state index contributed by atoms with van der Waals surface area (Å²) in [5.74, 6) is 0.385. The smallest absolute Gasteiger partial charge is 0.115 e. The van der Waals surface area contributed by atoms with Crippen LogP contribution in [-0.4, -0.2) is 9.97 Å².